The molecule has 2 aromatic rings. The average molecular weight is 273 g/mol. The lowest BCUT2D eigenvalue weighted by Crippen LogP contribution is -2.27. The number of anilines is 1. The van der Waals surface area contributed by atoms with Crippen LogP contribution in [0.1, 0.15) is 17.8 Å². The third-order valence-electron chi connectivity index (χ3n) is 3.53. The molecule has 0 saturated carbocycles. The third kappa shape index (κ3) is 2.75. The number of ether oxygens (including phenoxy) is 1. The summed E-state index contributed by atoms with van der Waals surface area (Å²) in [5, 5.41) is 7.27. The number of aromatic nitrogens is 3. The first-order valence-electron chi connectivity index (χ1n) is 6.79. The molecular weight excluding hydrogens is 254 g/mol. The van der Waals surface area contributed by atoms with Crippen LogP contribution in [0.5, 0.6) is 5.75 Å². The van der Waals surface area contributed by atoms with Crippen LogP contribution >= 0.6 is 0 Å². The second kappa shape index (κ2) is 5.50. The first-order valence-corrected chi connectivity index (χ1v) is 6.79. The fourth-order valence-corrected chi connectivity index (χ4v) is 2.45. The lowest BCUT2D eigenvalue weighted by atomic mass is 10.1. The molecule has 1 saturated heterocycles. The second-order valence-electron chi connectivity index (χ2n) is 5.11. The SMILES string of the molecule is COc1cccc(Cc2nc(N3CCC(N)C3)n[nH]2)c1. The van der Waals surface area contributed by atoms with Crippen LogP contribution in [0.2, 0.25) is 0 Å². The lowest BCUT2D eigenvalue weighted by Gasteiger charge is -2.11. The van der Waals surface area contributed by atoms with Crippen LogP contribution in [0.4, 0.5) is 5.95 Å². The molecule has 0 spiro atoms. The van der Waals surface area contributed by atoms with Gasteiger partial charge in [0.25, 0.3) is 0 Å². The van der Waals surface area contributed by atoms with Gasteiger partial charge in [-0.25, -0.2) is 0 Å². The fourth-order valence-electron chi connectivity index (χ4n) is 2.45. The summed E-state index contributed by atoms with van der Waals surface area (Å²) < 4.78 is 5.22. The number of hydrogen-bond acceptors (Lipinski definition) is 5. The largest absolute Gasteiger partial charge is 0.497 e. The molecule has 6 heteroatoms. The molecular formula is C14H19N5O. The molecule has 0 bridgehead atoms. The van der Waals surface area contributed by atoms with Crippen molar-refractivity contribution in [2.45, 2.75) is 18.9 Å². The first-order chi connectivity index (χ1) is 9.74. The molecule has 1 aromatic heterocycles. The van der Waals surface area contributed by atoms with Gasteiger partial charge in [-0.1, -0.05) is 12.1 Å². The Morgan fingerprint density at radius 1 is 1.50 bits per heavy atom. The van der Waals surface area contributed by atoms with E-state index in [0.717, 1.165) is 42.6 Å². The van der Waals surface area contributed by atoms with Crippen molar-refractivity contribution < 1.29 is 4.74 Å². The van der Waals surface area contributed by atoms with Crippen molar-refractivity contribution in [3.05, 3.63) is 35.7 Å². The van der Waals surface area contributed by atoms with Crippen molar-refractivity contribution in [1.29, 1.82) is 0 Å². The zero-order chi connectivity index (χ0) is 13.9. The zero-order valence-corrected chi connectivity index (χ0v) is 11.5. The van der Waals surface area contributed by atoms with Gasteiger partial charge in [0.05, 0.1) is 7.11 Å². The molecule has 3 rings (SSSR count). The van der Waals surface area contributed by atoms with Gasteiger partial charge in [-0.05, 0) is 24.1 Å². The van der Waals surface area contributed by atoms with Crippen LogP contribution in [0.25, 0.3) is 0 Å². The van der Waals surface area contributed by atoms with Gasteiger partial charge in [0, 0.05) is 25.6 Å². The number of hydrogen-bond donors (Lipinski definition) is 2. The molecule has 2 heterocycles. The van der Waals surface area contributed by atoms with E-state index >= 15 is 0 Å². The molecule has 1 aromatic carbocycles. The maximum Gasteiger partial charge on any atom is 0.244 e. The molecule has 1 fully saturated rings. The van der Waals surface area contributed by atoms with Crippen molar-refractivity contribution in [1.82, 2.24) is 15.2 Å². The van der Waals surface area contributed by atoms with Crippen LogP contribution < -0.4 is 15.4 Å². The lowest BCUT2D eigenvalue weighted by molar-refractivity contribution is 0.414. The quantitative estimate of drug-likeness (QED) is 0.866. The molecule has 106 valence electrons. The summed E-state index contributed by atoms with van der Waals surface area (Å²) in [6.07, 6.45) is 1.71. The summed E-state index contributed by atoms with van der Waals surface area (Å²) in [5.74, 6) is 2.46. The van der Waals surface area contributed by atoms with Crippen LogP contribution in [0.15, 0.2) is 24.3 Å². The van der Waals surface area contributed by atoms with Crippen LogP contribution in [-0.2, 0) is 6.42 Å². The molecule has 1 unspecified atom stereocenters. The number of benzene rings is 1. The zero-order valence-electron chi connectivity index (χ0n) is 11.5. The summed E-state index contributed by atoms with van der Waals surface area (Å²) in [4.78, 5) is 6.66. The van der Waals surface area contributed by atoms with Crippen molar-refractivity contribution in [2.24, 2.45) is 5.73 Å². The highest BCUT2D eigenvalue weighted by Crippen LogP contribution is 2.17. The molecule has 6 nitrogen and oxygen atoms in total. The Hall–Kier alpha value is -2.08. The Morgan fingerprint density at radius 3 is 3.15 bits per heavy atom. The summed E-state index contributed by atoms with van der Waals surface area (Å²) in [7, 11) is 1.67. The number of H-pyrrole nitrogens is 1. The number of nitrogens with two attached hydrogens (primary N) is 1. The Labute approximate surface area is 118 Å². The van der Waals surface area contributed by atoms with Crippen molar-refractivity contribution in [2.75, 3.05) is 25.1 Å². The standard InChI is InChI=1S/C14H19N5O/c1-20-12-4-2-3-10(7-12)8-13-16-14(18-17-13)19-6-5-11(15)9-19/h2-4,7,11H,5-6,8-9,15H2,1H3,(H,16,17,18). The van der Waals surface area contributed by atoms with Crippen LogP contribution in [0, 0.1) is 0 Å². The number of nitrogens with zero attached hydrogens (tertiary/aromatic N) is 3. The van der Waals surface area contributed by atoms with E-state index in [9.17, 15) is 0 Å². The van der Waals surface area contributed by atoms with E-state index in [0.29, 0.717) is 6.42 Å². The summed E-state index contributed by atoms with van der Waals surface area (Å²) >= 11 is 0. The highest BCUT2D eigenvalue weighted by atomic mass is 16.5. The number of rotatable bonds is 4. The van der Waals surface area contributed by atoms with E-state index in [1.54, 1.807) is 7.11 Å². The average Bonchev–Trinajstić information content (AvgIpc) is 3.08. The van der Waals surface area contributed by atoms with Gasteiger partial charge < -0.3 is 15.4 Å². The van der Waals surface area contributed by atoms with Gasteiger partial charge in [-0.2, -0.15) is 4.98 Å². The molecule has 1 aliphatic heterocycles. The predicted molar refractivity (Wildman–Crippen MR) is 77.0 cm³/mol. The molecule has 3 N–H and O–H groups in total. The van der Waals surface area contributed by atoms with Gasteiger partial charge in [0.15, 0.2) is 0 Å². The van der Waals surface area contributed by atoms with Gasteiger partial charge in [-0.3, -0.25) is 5.10 Å². The third-order valence-corrected chi connectivity index (χ3v) is 3.53. The Morgan fingerprint density at radius 2 is 2.40 bits per heavy atom. The molecule has 0 radical (unpaired) electrons. The van der Waals surface area contributed by atoms with Crippen LogP contribution in [-0.4, -0.2) is 41.4 Å². The van der Waals surface area contributed by atoms with E-state index in [1.807, 2.05) is 18.2 Å². The highest BCUT2D eigenvalue weighted by molar-refractivity contribution is 5.34. The van der Waals surface area contributed by atoms with E-state index in [-0.39, 0.29) is 6.04 Å². The smallest absolute Gasteiger partial charge is 0.244 e. The minimum atomic E-state index is 0.232. The molecule has 1 atom stereocenters. The summed E-state index contributed by atoms with van der Waals surface area (Å²) in [6, 6.07) is 8.20. The summed E-state index contributed by atoms with van der Waals surface area (Å²) in [5.41, 5.74) is 7.05. The van der Waals surface area contributed by atoms with Crippen molar-refractivity contribution in [3.8, 4) is 5.75 Å². The van der Waals surface area contributed by atoms with E-state index in [2.05, 4.69) is 26.1 Å². The highest BCUT2D eigenvalue weighted by Gasteiger charge is 2.22. The first kappa shape index (κ1) is 12.9. The Balaban J connectivity index is 1.70. The maximum atomic E-state index is 5.90. The van der Waals surface area contributed by atoms with Crippen molar-refractivity contribution >= 4 is 5.95 Å². The number of aromatic amines is 1. The fraction of sp³-hybridized carbons (Fsp3) is 0.429. The Kier molecular flexibility index (Phi) is 3.56. The van der Waals surface area contributed by atoms with Gasteiger partial charge in [-0.15, -0.1) is 5.10 Å². The van der Waals surface area contributed by atoms with E-state index in [4.69, 9.17) is 10.5 Å². The van der Waals surface area contributed by atoms with Gasteiger partial charge in [0.1, 0.15) is 11.6 Å². The van der Waals surface area contributed by atoms with Crippen molar-refractivity contribution in [3.63, 3.8) is 0 Å². The van der Waals surface area contributed by atoms with Crippen LogP contribution in [0.3, 0.4) is 0 Å². The minimum Gasteiger partial charge on any atom is -0.497 e. The van der Waals surface area contributed by atoms with Gasteiger partial charge in [0.2, 0.25) is 5.95 Å². The Bertz CT molecular complexity index is 582. The molecule has 0 amide bonds. The number of methoxy groups -OCH3 is 1. The maximum absolute atomic E-state index is 5.90. The molecule has 20 heavy (non-hydrogen) atoms. The number of nitrogens with one attached hydrogen (secondary N) is 1. The normalized spacial score (nSPS) is 18.5. The monoisotopic (exact) mass is 273 g/mol. The minimum absolute atomic E-state index is 0.232. The van der Waals surface area contributed by atoms with E-state index in [1.165, 1.54) is 0 Å². The molecule has 1 aliphatic rings. The predicted octanol–water partition coefficient (Wildman–Crippen LogP) is 0.941. The van der Waals surface area contributed by atoms with Gasteiger partial charge >= 0.3 is 0 Å². The van der Waals surface area contributed by atoms with E-state index < -0.39 is 0 Å². The second-order valence-corrected chi connectivity index (χ2v) is 5.11. The summed E-state index contributed by atoms with van der Waals surface area (Å²) in [6.45, 7) is 1.76. The molecule has 0 aliphatic carbocycles. The topological polar surface area (TPSA) is 80.1 Å².